The molecule has 8 nitrogen and oxygen atoms in total. The monoisotopic (exact) mass is 485 g/mol. The average molecular weight is 487 g/mol. The highest BCUT2D eigenvalue weighted by atomic mass is 35.5. The molecule has 3 rings (SSSR count). The quantitative estimate of drug-likeness (QED) is 0.316. The number of hydrogen-bond acceptors (Lipinski definition) is 6. The van der Waals surface area contributed by atoms with Gasteiger partial charge in [0, 0.05) is 27.9 Å². The van der Waals surface area contributed by atoms with Crippen LogP contribution in [0.1, 0.15) is 30.0 Å². The highest BCUT2D eigenvalue weighted by molar-refractivity contribution is 6.35. The van der Waals surface area contributed by atoms with Crippen molar-refractivity contribution in [2.75, 3.05) is 11.9 Å². The summed E-state index contributed by atoms with van der Waals surface area (Å²) in [6.45, 7) is -0.321. The molecule has 0 spiro atoms. The second-order valence-electron chi connectivity index (χ2n) is 6.82. The molecule has 1 unspecified atom stereocenters. The summed E-state index contributed by atoms with van der Waals surface area (Å²) in [5.41, 5.74) is 6.46. The number of carboxylic acids is 1. The normalized spacial score (nSPS) is 13.5. The number of hydrogen-bond donors (Lipinski definition) is 4. The first-order chi connectivity index (χ1) is 14.2. The first-order valence-corrected chi connectivity index (χ1v) is 9.83. The SMILES string of the molecule is Cl.N=C(N)c1ccc(NC(C(=O)[O-])c2cc(Cl)cc(Cl)c2OCC(=O)NC2CC2)cc1. The van der Waals surface area contributed by atoms with E-state index in [9.17, 15) is 14.7 Å². The fraction of sp³-hybridized carbons (Fsp3) is 0.250. The standard InChI is InChI=1S/C20H20Cl2N4O4.ClH/c21-11-7-14(18(15(22)8-11)30-9-16(27)25-12-5-6-12)17(20(28)29)26-13-3-1-10(2-4-13)19(23)24;/h1-4,7-8,12,17,26H,5-6,9H2,(H3,23,24)(H,25,27)(H,28,29);1H/p-1. The molecule has 0 aliphatic heterocycles. The van der Waals surface area contributed by atoms with Crippen molar-refractivity contribution >= 4 is 59.0 Å². The zero-order valence-corrected chi connectivity index (χ0v) is 18.4. The highest BCUT2D eigenvalue weighted by Crippen LogP contribution is 2.37. The Morgan fingerprint density at radius 3 is 2.42 bits per heavy atom. The Bertz CT molecular complexity index is 981. The number of carbonyl (C=O) groups excluding carboxylic acids is 2. The van der Waals surface area contributed by atoms with E-state index in [1.165, 1.54) is 12.1 Å². The summed E-state index contributed by atoms with van der Waals surface area (Å²) >= 11 is 12.3. The van der Waals surface area contributed by atoms with Crippen molar-refractivity contribution in [3.8, 4) is 5.75 Å². The van der Waals surface area contributed by atoms with Gasteiger partial charge in [-0.2, -0.15) is 0 Å². The number of rotatable bonds is 9. The number of anilines is 1. The minimum absolute atomic E-state index is 0. The molecule has 5 N–H and O–H groups in total. The average Bonchev–Trinajstić information content (AvgIpc) is 3.49. The van der Waals surface area contributed by atoms with Crippen LogP contribution in [0.15, 0.2) is 36.4 Å². The number of aliphatic carboxylic acids is 1. The van der Waals surface area contributed by atoms with Crippen LogP contribution in [-0.4, -0.2) is 30.4 Å². The Morgan fingerprint density at radius 2 is 1.87 bits per heavy atom. The molecule has 0 bridgehead atoms. The molecule has 0 aromatic heterocycles. The van der Waals surface area contributed by atoms with Gasteiger partial charge in [0.05, 0.1) is 17.0 Å². The van der Waals surface area contributed by atoms with Gasteiger partial charge in [-0.25, -0.2) is 0 Å². The number of ether oxygens (including phenoxy) is 1. The van der Waals surface area contributed by atoms with Crippen LogP contribution in [-0.2, 0) is 9.59 Å². The van der Waals surface area contributed by atoms with Crippen molar-refractivity contribution in [2.45, 2.75) is 24.9 Å². The molecule has 1 atom stereocenters. The maximum absolute atomic E-state index is 12.0. The zero-order valence-electron chi connectivity index (χ0n) is 16.1. The molecule has 166 valence electrons. The molecule has 31 heavy (non-hydrogen) atoms. The van der Waals surface area contributed by atoms with E-state index in [0.717, 1.165) is 12.8 Å². The molecule has 1 fully saturated rings. The number of nitrogens with two attached hydrogens (primary N) is 1. The van der Waals surface area contributed by atoms with Crippen molar-refractivity contribution in [3.05, 3.63) is 57.6 Å². The molecule has 1 aliphatic rings. The summed E-state index contributed by atoms with van der Waals surface area (Å²) in [6.07, 6.45) is 1.86. The number of amidine groups is 1. The van der Waals surface area contributed by atoms with Gasteiger partial charge in [-0.05, 0) is 49.2 Å². The Labute approximate surface area is 195 Å². The minimum atomic E-state index is -1.45. The Morgan fingerprint density at radius 1 is 1.23 bits per heavy atom. The molecule has 2 aromatic rings. The van der Waals surface area contributed by atoms with Gasteiger partial charge >= 0.3 is 0 Å². The first-order valence-electron chi connectivity index (χ1n) is 9.07. The van der Waals surface area contributed by atoms with E-state index in [0.29, 0.717) is 11.3 Å². The predicted octanol–water partition coefficient (Wildman–Crippen LogP) is 2.26. The van der Waals surface area contributed by atoms with Crippen molar-refractivity contribution in [1.29, 1.82) is 5.41 Å². The largest absolute Gasteiger partial charge is 0.548 e. The third-order valence-corrected chi connectivity index (χ3v) is 4.88. The van der Waals surface area contributed by atoms with E-state index < -0.39 is 12.0 Å². The summed E-state index contributed by atoms with van der Waals surface area (Å²) in [4.78, 5) is 23.9. The predicted molar refractivity (Wildman–Crippen MR) is 119 cm³/mol. The maximum atomic E-state index is 12.0. The van der Waals surface area contributed by atoms with Crippen molar-refractivity contribution in [1.82, 2.24) is 5.32 Å². The van der Waals surface area contributed by atoms with E-state index >= 15 is 0 Å². The minimum Gasteiger partial charge on any atom is -0.548 e. The molecule has 1 saturated carbocycles. The lowest BCUT2D eigenvalue weighted by Crippen LogP contribution is -2.35. The maximum Gasteiger partial charge on any atom is 0.258 e. The number of nitrogens with one attached hydrogen (secondary N) is 3. The third kappa shape index (κ3) is 6.65. The molecular formula is C20H20Cl3N4O4-. The highest BCUT2D eigenvalue weighted by Gasteiger charge is 2.25. The molecule has 0 saturated heterocycles. The van der Waals surface area contributed by atoms with Crippen molar-refractivity contribution < 1.29 is 19.4 Å². The number of carboxylic acid groups (broad SMARTS) is 1. The molecule has 0 heterocycles. The van der Waals surface area contributed by atoms with Crippen LogP contribution in [0, 0.1) is 5.41 Å². The van der Waals surface area contributed by atoms with Gasteiger partial charge in [-0.1, -0.05) is 23.2 Å². The molecule has 1 aliphatic carbocycles. The van der Waals surface area contributed by atoms with Crippen LogP contribution in [0.2, 0.25) is 10.0 Å². The van der Waals surface area contributed by atoms with Gasteiger partial charge in [-0.15, -0.1) is 12.4 Å². The summed E-state index contributed by atoms with van der Waals surface area (Å²) in [6, 6.07) is 7.87. The lowest BCUT2D eigenvalue weighted by atomic mass is 10.0. The van der Waals surface area contributed by atoms with Crippen molar-refractivity contribution in [3.63, 3.8) is 0 Å². The third-order valence-electron chi connectivity index (χ3n) is 4.38. The summed E-state index contributed by atoms with van der Waals surface area (Å²) in [7, 11) is 0. The molecule has 11 heteroatoms. The Hall–Kier alpha value is -2.68. The fourth-order valence-electron chi connectivity index (χ4n) is 2.76. The summed E-state index contributed by atoms with van der Waals surface area (Å²) in [5.74, 6) is -1.86. The number of benzene rings is 2. The number of amides is 1. The second kappa shape index (κ2) is 10.6. The van der Waals surface area contributed by atoms with Gasteiger partial charge < -0.3 is 31.0 Å². The Kier molecular flexibility index (Phi) is 8.38. The van der Waals surface area contributed by atoms with Crippen LogP contribution in [0.3, 0.4) is 0 Å². The van der Waals surface area contributed by atoms with E-state index in [1.807, 2.05) is 0 Å². The molecular weight excluding hydrogens is 467 g/mol. The van der Waals surface area contributed by atoms with Gasteiger partial charge in [-0.3, -0.25) is 10.2 Å². The van der Waals surface area contributed by atoms with Crippen LogP contribution < -0.4 is 26.2 Å². The lowest BCUT2D eigenvalue weighted by molar-refractivity contribution is -0.307. The number of halogens is 3. The van der Waals surface area contributed by atoms with Crippen LogP contribution in [0.4, 0.5) is 5.69 Å². The Balaban J connectivity index is 0.00000341. The van der Waals surface area contributed by atoms with E-state index in [1.54, 1.807) is 24.3 Å². The molecule has 2 aromatic carbocycles. The van der Waals surface area contributed by atoms with Gasteiger partial charge in [0.1, 0.15) is 11.6 Å². The number of carbonyl (C=O) groups is 2. The van der Waals surface area contributed by atoms with E-state index in [4.69, 9.17) is 39.1 Å². The van der Waals surface area contributed by atoms with Gasteiger partial charge in [0.25, 0.3) is 5.91 Å². The molecule has 1 amide bonds. The van der Waals surface area contributed by atoms with Crippen LogP contribution in [0.25, 0.3) is 0 Å². The second-order valence-corrected chi connectivity index (χ2v) is 7.67. The summed E-state index contributed by atoms with van der Waals surface area (Å²) < 4.78 is 5.55. The van der Waals surface area contributed by atoms with E-state index in [-0.39, 0.29) is 58.2 Å². The lowest BCUT2D eigenvalue weighted by Gasteiger charge is -2.24. The van der Waals surface area contributed by atoms with Crippen LogP contribution >= 0.6 is 35.6 Å². The fourth-order valence-corrected chi connectivity index (χ4v) is 3.32. The van der Waals surface area contributed by atoms with Gasteiger partial charge in [0.15, 0.2) is 6.61 Å². The zero-order chi connectivity index (χ0) is 21.8. The van der Waals surface area contributed by atoms with Crippen molar-refractivity contribution in [2.24, 2.45) is 5.73 Å². The number of nitrogen functional groups attached to an aromatic ring is 1. The topological polar surface area (TPSA) is 140 Å². The van der Waals surface area contributed by atoms with Gasteiger partial charge in [0.2, 0.25) is 0 Å². The van der Waals surface area contributed by atoms with Crippen LogP contribution in [0.5, 0.6) is 5.75 Å². The first kappa shape index (κ1) is 24.6. The molecule has 0 radical (unpaired) electrons. The smallest absolute Gasteiger partial charge is 0.258 e. The summed E-state index contributed by atoms with van der Waals surface area (Å²) in [5, 5.41) is 25.2. The van der Waals surface area contributed by atoms with E-state index in [2.05, 4.69) is 10.6 Å².